The molecule has 0 saturated carbocycles. The lowest BCUT2D eigenvalue weighted by molar-refractivity contribution is 0.1000. The summed E-state index contributed by atoms with van der Waals surface area (Å²) in [5.74, 6) is 0.869. The van der Waals surface area contributed by atoms with Crippen molar-refractivity contribution in [1.82, 2.24) is 4.98 Å². The first kappa shape index (κ1) is 15.8. The highest BCUT2D eigenvalue weighted by Gasteiger charge is 2.12. The molecule has 2 aromatic carbocycles. The number of carbonyl (C=O) groups is 1. The van der Waals surface area contributed by atoms with Gasteiger partial charge >= 0.3 is 0 Å². The Morgan fingerprint density at radius 2 is 1.75 bits per heavy atom. The van der Waals surface area contributed by atoms with E-state index in [1.165, 1.54) is 0 Å². The van der Waals surface area contributed by atoms with Crippen molar-refractivity contribution >= 4 is 22.5 Å². The number of amides is 1. The monoisotopic (exact) mass is 321 g/mol. The van der Waals surface area contributed by atoms with E-state index in [9.17, 15) is 4.79 Å². The van der Waals surface area contributed by atoms with E-state index in [2.05, 4.69) is 4.98 Å². The molecule has 0 aliphatic heterocycles. The summed E-state index contributed by atoms with van der Waals surface area (Å²) in [7, 11) is 0. The SMILES string of the molecule is Cc1cc(Oc2ccnc3cc(C)c(C(N)=O)cc23)c(C)cc1N. The molecular weight excluding hydrogens is 302 g/mol. The van der Waals surface area contributed by atoms with Gasteiger partial charge < -0.3 is 16.2 Å². The summed E-state index contributed by atoms with van der Waals surface area (Å²) < 4.78 is 6.09. The minimum atomic E-state index is -0.469. The maximum absolute atomic E-state index is 11.6. The van der Waals surface area contributed by atoms with Crippen molar-refractivity contribution in [2.75, 3.05) is 5.73 Å². The molecule has 3 aromatic rings. The van der Waals surface area contributed by atoms with Gasteiger partial charge in [-0.25, -0.2) is 0 Å². The van der Waals surface area contributed by atoms with Gasteiger partial charge in [0.15, 0.2) is 0 Å². The van der Waals surface area contributed by atoms with Crippen LogP contribution in [0.5, 0.6) is 11.5 Å². The highest BCUT2D eigenvalue weighted by Crippen LogP contribution is 2.33. The maximum atomic E-state index is 11.6. The molecule has 5 nitrogen and oxygen atoms in total. The second-order valence-electron chi connectivity index (χ2n) is 5.93. The van der Waals surface area contributed by atoms with Crippen molar-refractivity contribution in [3.05, 3.63) is 58.8 Å². The number of hydrogen-bond donors (Lipinski definition) is 2. The minimum absolute atomic E-state index is 0.463. The number of benzene rings is 2. The van der Waals surface area contributed by atoms with Crippen LogP contribution >= 0.6 is 0 Å². The zero-order valence-electron chi connectivity index (χ0n) is 13.9. The number of fused-ring (bicyclic) bond motifs is 1. The largest absolute Gasteiger partial charge is 0.456 e. The van der Waals surface area contributed by atoms with Crippen molar-refractivity contribution < 1.29 is 9.53 Å². The molecule has 3 rings (SSSR count). The first-order chi connectivity index (χ1) is 11.4. The highest BCUT2D eigenvalue weighted by atomic mass is 16.5. The molecule has 122 valence electrons. The number of anilines is 1. The van der Waals surface area contributed by atoms with Gasteiger partial charge in [-0.05, 0) is 67.8 Å². The predicted molar refractivity (Wildman–Crippen MR) is 95.4 cm³/mol. The molecule has 4 N–H and O–H groups in total. The lowest BCUT2D eigenvalue weighted by atomic mass is 10.0. The smallest absolute Gasteiger partial charge is 0.248 e. The van der Waals surface area contributed by atoms with Crippen LogP contribution in [0.4, 0.5) is 5.69 Å². The van der Waals surface area contributed by atoms with E-state index in [0.717, 1.165) is 39.0 Å². The van der Waals surface area contributed by atoms with Gasteiger partial charge in [0.25, 0.3) is 0 Å². The van der Waals surface area contributed by atoms with E-state index < -0.39 is 5.91 Å². The maximum Gasteiger partial charge on any atom is 0.248 e. The Kier molecular flexibility index (Phi) is 3.85. The van der Waals surface area contributed by atoms with Gasteiger partial charge in [0, 0.05) is 22.8 Å². The molecule has 1 heterocycles. The Bertz CT molecular complexity index is 964. The van der Waals surface area contributed by atoms with Crippen LogP contribution in [0.1, 0.15) is 27.0 Å². The number of ether oxygens (including phenoxy) is 1. The third-order valence-electron chi connectivity index (χ3n) is 4.10. The van der Waals surface area contributed by atoms with Crippen LogP contribution in [0.2, 0.25) is 0 Å². The van der Waals surface area contributed by atoms with Gasteiger partial charge in [0.05, 0.1) is 5.52 Å². The Hall–Kier alpha value is -3.08. The Balaban J connectivity index is 2.15. The van der Waals surface area contributed by atoms with Crippen LogP contribution in [0.3, 0.4) is 0 Å². The molecular formula is C19H19N3O2. The van der Waals surface area contributed by atoms with E-state index >= 15 is 0 Å². The number of nitrogens with zero attached hydrogens (tertiary/aromatic N) is 1. The summed E-state index contributed by atoms with van der Waals surface area (Å²) >= 11 is 0. The van der Waals surface area contributed by atoms with Crippen LogP contribution in [-0.2, 0) is 0 Å². The summed E-state index contributed by atoms with van der Waals surface area (Å²) in [5.41, 5.74) is 16.0. The molecule has 1 aromatic heterocycles. The van der Waals surface area contributed by atoms with Crippen LogP contribution in [-0.4, -0.2) is 10.9 Å². The zero-order valence-corrected chi connectivity index (χ0v) is 13.9. The number of nitrogen functional groups attached to an aromatic ring is 1. The molecule has 0 aliphatic carbocycles. The van der Waals surface area contributed by atoms with Gasteiger partial charge in [-0.1, -0.05) is 0 Å². The molecule has 0 fully saturated rings. The van der Waals surface area contributed by atoms with Crippen molar-refractivity contribution in [2.45, 2.75) is 20.8 Å². The Labute approximate surface area is 140 Å². The summed E-state index contributed by atoms with van der Waals surface area (Å²) in [5, 5.41) is 0.741. The molecule has 0 bridgehead atoms. The fourth-order valence-corrected chi connectivity index (χ4v) is 2.67. The molecule has 0 radical (unpaired) electrons. The molecule has 5 heteroatoms. The number of carbonyl (C=O) groups excluding carboxylic acids is 1. The van der Waals surface area contributed by atoms with Crippen molar-refractivity contribution in [1.29, 1.82) is 0 Å². The van der Waals surface area contributed by atoms with E-state index in [4.69, 9.17) is 16.2 Å². The van der Waals surface area contributed by atoms with Gasteiger partial charge in [0.1, 0.15) is 11.5 Å². The number of aryl methyl sites for hydroxylation is 3. The predicted octanol–water partition coefficient (Wildman–Crippen LogP) is 3.63. The average molecular weight is 321 g/mol. The molecule has 0 aliphatic rings. The van der Waals surface area contributed by atoms with E-state index in [-0.39, 0.29) is 0 Å². The number of nitrogens with two attached hydrogens (primary N) is 2. The summed E-state index contributed by atoms with van der Waals surface area (Å²) in [6.45, 7) is 5.70. The molecule has 0 unspecified atom stereocenters. The van der Waals surface area contributed by atoms with Crippen LogP contribution in [0, 0.1) is 20.8 Å². The first-order valence-electron chi connectivity index (χ1n) is 7.60. The molecule has 0 spiro atoms. The van der Waals surface area contributed by atoms with Gasteiger partial charge in [-0.2, -0.15) is 0 Å². The topological polar surface area (TPSA) is 91.2 Å². The molecule has 0 saturated heterocycles. The van der Waals surface area contributed by atoms with Crippen molar-refractivity contribution in [3.63, 3.8) is 0 Å². The second-order valence-corrected chi connectivity index (χ2v) is 5.93. The number of hydrogen-bond acceptors (Lipinski definition) is 4. The summed E-state index contributed by atoms with van der Waals surface area (Å²) in [6, 6.07) is 9.12. The van der Waals surface area contributed by atoms with Crippen molar-refractivity contribution in [2.24, 2.45) is 5.73 Å². The van der Waals surface area contributed by atoms with Crippen molar-refractivity contribution in [3.8, 4) is 11.5 Å². The zero-order chi connectivity index (χ0) is 17.4. The first-order valence-corrected chi connectivity index (χ1v) is 7.60. The minimum Gasteiger partial charge on any atom is -0.456 e. The summed E-state index contributed by atoms with van der Waals surface area (Å²) in [6.07, 6.45) is 1.68. The normalized spacial score (nSPS) is 10.8. The van der Waals surface area contributed by atoms with Gasteiger partial charge in [-0.15, -0.1) is 0 Å². The van der Waals surface area contributed by atoms with Gasteiger partial charge in [-0.3, -0.25) is 9.78 Å². The number of aromatic nitrogens is 1. The number of primary amides is 1. The molecule has 0 atom stereocenters. The van der Waals surface area contributed by atoms with E-state index in [1.54, 1.807) is 18.3 Å². The fourth-order valence-electron chi connectivity index (χ4n) is 2.67. The van der Waals surface area contributed by atoms with Gasteiger partial charge in [0.2, 0.25) is 5.91 Å². The third-order valence-corrected chi connectivity index (χ3v) is 4.10. The average Bonchev–Trinajstić information content (AvgIpc) is 2.51. The Morgan fingerprint density at radius 3 is 2.46 bits per heavy atom. The van der Waals surface area contributed by atoms with Crippen LogP contribution in [0.25, 0.3) is 10.9 Å². The molecule has 24 heavy (non-hydrogen) atoms. The quantitative estimate of drug-likeness (QED) is 0.721. The van der Waals surface area contributed by atoms with E-state index in [0.29, 0.717) is 11.3 Å². The second kappa shape index (κ2) is 5.85. The highest BCUT2D eigenvalue weighted by molar-refractivity contribution is 5.99. The lowest BCUT2D eigenvalue weighted by Crippen LogP contribution is -2.12. The van der Waals surface area contributed by atoms with Crippen LogP contribution < -0.4 is 16.2 Å². The number of pyridine rings is 1. The number of rotatable bonds is 3. The third kappa shape index (κ3) is 2.76. The lowest BCUT2D eigenvalue weighted by Gasteiger charge is -2.14. The summed E-state index contributed by atoms with van der Waals surface area (Å²) in [4.78, 5) is 16.0. The van der Waals surface area contributed by atoms with Crippen LogP contribution in [0.15, 0.2) is 36.5 Å². The molecule has 1 amide bonds. The van der Waals surface area contributed by atoms with E-state index in [1.807, 2.05) is 39.0 Å². The Morgan fingerprint density at radius 1 is 1.00 bits per heavy atom. The standard InChI is InChI=1S/C19H19N3O2/c1-10-7-16-14(9-13(10)19(21)23)17(4-5-22-16)24-18-8-11(2)15(20)6-12(18)3/h4-9H,20H2,1-3H3,(H2,21,23). The fraction of sp³-hybridized carbons (Fsp3) is 0.158.